The van der Waals surface area contributed by atoms with Gasteiger partial charge in [-0.25, -0.2) is 9.98 Å². The van der Waals surface area contributed by atoms with E-state index in [1.165, 1.54) is 0 Å². The van der Waals surface area contributed by atoms with E-state index in [-0.39, 0.29) is 12.5 Å². The van der Waals surface area contributed by atoms with E-state index >= 15 is 0 Å². The highest BCUT2D eigenvalue weighted by Crippen LogP contribution is 2.17. The van der Waals surface area contributed by atoms with Gasteiger partial charge < -0.3 is 14.5 Å². The predicted octanol–water partition coefficient (Wildman–Crippen LogP) is 3.86. The number of benzene rings is 1. The minimum absolute atomic E-state index is 0.200. The third-order valence-corrected chi connectivity index (χ3v) is 4.25. The van der Waals surface area contributed by atoms with Crippen molar-refractivity contribution in [1.29, 1.82) is 0 Å². The molecule has 1 N–H and O–H groups in total. The largest absolute Gasteiger partial charge is 0.439 e. The monoisotopic (exact) mass is 374 g/mol. The SMILES string of the molecule is C=C/C(CNC(=O)c1ccn2c(C)cc(C)nc12)=C(\N=C)Oc1ccccc1. The molecule has 0 aliphatic rings. The lowest BCUT2D eigenvalue weighted by atomic mass is 10.2. The number of fused-ring (bicyclic) bond motifs is 1. The van der Waals surface area contributed by atoms with Crippen LogP contribution in [0.1, 0.15) is 21.7 Å². The standard InChI is InChI=1S/C22H22N4O2/c1-5-17(22(23-4)28-18-9-7-6-8-10-18)14-24-21(27)19-11-12-26-16(3)13-15(2)25-20(19)26/h5-13H,1,4,14H2,2-3H3,(H,24,27)/b22-17-. The van der Waals surface area contributed by atoms with E-state index in [4.69, 9.17) is 4.74 Å². The third kappa shape index (κ3) is 4.01. The smallest absolute Gasteiger partial charge is 0.255 e. The number of amides is 1. The molecule has 1 aromatic carbocycles. The number of aromatic nitrogens is 2. The van der Waals surface area contributed by atoms with E-state index in [9.17, 15) is 4.79 Å². The molecule has 3 rings (SSSR count). The minimum Gasteiger partial charge on any atom is -0.439 e. The normalized spacial score (nSPS) is 11.6. The van der Waals surface area contributed by atoms with Gasteiger partial charge in [-0.05, 0) is 44.8 Å². The highest BCUT2D eigenvalue weighted by molar-refractivity contribution is 6.00. The number of hydrogen-bond donors (Lipinski definition) is 1. The fourth-order valence-electron chi connectivity index (χ4n) is 2.88. The van der Waals surface area contributed by atoms with E-state index in [0.717, 1.165) is 11.4 Å². The lowest BCUT2D eigenvalue weighted by Crippen LogP contribution is -2.26. The van der Waals surface area contributed by atoms with Crippen LogP contribution in [0.3, 0.4) is 0 Å². The van der Waals surface area contributed by atoms with Gasteiger partial charge in [0, 0.05) is 29.7 Å². The Bertz CT molecular complexity index is 1060. The van der Waals surface area contributed by atoms with Crippen molar-refractivity contribution in [2.75, 3.05) is 6.54 Å². The van der Waals surface area contributed by atoms with Gasteiger partial charge in [-0.15, -0.1) is 0 Å². The van der Waals surface area contributed by atoms with Gasteiger partial charge in [-0.2, -0.15) is 0 Å². The number of carbonyl (C=O) groups excluding carboxylic acids is 1. The number of nitrogens with zero attached hydrogens (tertiary/aromatic N) is 3. The third-order valence-electron chi connectivity index (χ3n) is 4.25. The molecule has 1 amide bonds. The Morgan fingerprint density at radius 3 is 2.71 bits per heavy atom. The van der Waals surface area contributed by atoms with Crippen molar-refractivity contribution in [3.8, 4) is 5.75 Å². The molecule has 0 atom stereocenters. The summed E-state index contributed by atoms with van der Waals surface area (Å²) >= 11 is 0. The number of aliphatic imine (C=N–C) groups is 1. The van der Waals surface area contributed by atoms with Crippen LogP contribution in [0.5, 0.6) is 5.75 Å². The van der Waals surface area contributed by atoms with Crippen LogP contribution < -0.4 is 10.1 Å². The van der Waals surface area contributed by atoms with Crippen LogP contribution >= 0.6 is 0 Å². The predicted molar refractivity (Wildman–Crippen MR) is 111 cm³/mol. The second-order valence-electron chi connectivity index (χ2n) is 6.25. The van der Waals surface area contributed by atoms with Crippen LogP contribution in [0.25, 0.3) is 5.65 Å². The molecule has 0 bridgehead atoms. The van der Waals surface area contributed by atoms with Gasteiger partial charge in [0.05, 0.1) is 5.56 Å². The number of para-hydroxylation sites is 1. The Morgan fingerprint density at radius 1 is 1.29 bits per heavy atom. The first-order chi connectivity index (χ1) is 13.5. The van der Waals surface area contributed by atoms with Gasteiger partial charge >= 0.3 is 0 Å². The van der Waals surface area contributed by atoms with E-state index in [1.807, 2.05) is 60.8 Å². The molecule has 0 aliphatic carbocycles. The molecule has 0 unspecified atom stereocenters. The summed E-state index contributed by atoms with van der Waals surface area (Å²) in [5, 5.41) is 2.88. The summed E-state index contributed by atoms with van der Waals surface area (Å²) in [5.41, 5.74) is 3.63. The number of rotatable bonds is 7. The molecule has 2 heterocycles. The molecule has 2 aromatic heterocycles. The zero-order valence-electron chi connectivity index (χ0n) is 16.0. The number of hydrogen-bond acceptors (Lipinski definition) is 4. The van der Waals surface area contributed by atoms with Crippen molar-refractivity contribution in [3.63, 3.8) is 0 Å². The Labute approximate surface area is 163 Å². The van der Waals surface area contributed by atoms with E-state index < -0.39 is 0 Å². The molecular formula is C22H22N4O2. The fourth-order valence-corrected chi connectivity index (χ4v) is 2.88. The summed E-state index contributed by atoms with van der Waals surface area (Å²) in [6.07, 6.45) is 3.43. The topological polar surface area (TPSA) is 68.0 Å². The Kier molecular flexibility index (Phi) is 5.69. The van der Waals surface area contributed by atoms with Crippen molar-refractivity contribution in [2.45, 2.75) is 13.8 Å². The average Bonchev–Trinajstić information content (AvgIpc) is 3.12. The molecule has 28 heavy (non-hydrogen) atoms. The minimum atomic E-state index is -0.234. The summed E-state index contributed by atoms with van der Waals surface area (Å²) in [7, 11) is 0. The van der Waals surface area contributed by atoms with Crippen LogP contribution in [0, 0.1) is 13.8 Å². The number of nitrogens with one attached hydrogen (secondary N) is 1. The van der Waals surface area contributed by atoms with Gasteiger partial charge in [-0.1, -0.05) is 30.9 Å². The lowest BCUT2D eigenvalue weighted by Gasteiger charge is -2.11. The molecular weight excluding hydrogens is 352 g/mol. The van der Waals surface area contributed by atoms with Crippen LogP contribution in [0.15, 0.2) is 77.8 Å². The highest BCUT2D eigenvalue weighted by Gasteiger charge is 2.15. The van der Waals surface area contributed by atoms with Gasteiger partial charge in [0.2, 0.25) is 5.88 Å². The molecule has 6 nitrogen and oxygen atoms in total. The van der Waals surface area contributed by atoms with Crippen LogP contribution in [0.2, 0.25) is 0 Å². The summed E-state index contributed by atoms with van der Waals surface area (Å²) in [6.45, 7) is 11.4. The van der Waals surface area contributed by atoms with Gasteiger partial charge in [0.25, 0.3) is 5.91 Å². The molecule has 142 valence electrons. The van der Waals surface area contributed by atoms with Gasteiger partial charge in [0.1, 0.15) is 11.4 Å². The molecule has 0 saturated heterocycles. The van der Waals surface area contributed by atoms with Crippen LogP contribution in [0.4, 0.5) is 0 Å². The molecule has 6 heteroatoms. The van der Waals surface area contributed by atoms with E-state index in [0.29, 0.717) is 28.4 Å². The van der Waals surface area contributed by atoms with E-state index in [2.05, 4.69) is 28.6 Å². The number of aryl methyl sites for hydroxylation is 2. The summed E-state index contributed by atoms with van der Waals surface area (Å²) in [4.78, 5) is 21.1. The summed E-state index contributed by atoms with van der Waals surface area (Å²) in [5.74, 6) is 0.694. The van der Waals surface area contributed by atoms with Crippen molar-refractivity contribution < 1.29 is 9.53 Å². The van der Waals surface area contributed by atoms with Crippen molar-refractivity contribution in [3.05, 3.63) is 89.7 Å². The van der Waals surface area contributed by atoms with Crippen LogP contribution in [-0.4, -0.2) is 28.6 Å². The molecule has 0 aliphatic heterocycles. The second-order valence-corrected chi connectivity index (χ2v) is 6.25. The molecule has 3 aromatic rings. The Hall–Kier alpha value is -3.67. The molecule has 0 radical (unpaired) electrons. The fraction of sp³-hybridized carbons (Fsp3) is 0.136. The van der Waals surface area contributed by atoms with E-state index in [1.54, 1.807) is 12.1 Å². The van der Waals surface area contributed by atoms with Crippen molar-refractivity contribution in [2.24, 2.45) is 4.99 Å². The first kappa shape index (κ1) is 19.1. The van der Waals surface area contributed by atoms with Crippen molar-refractivity contribution in [1.82, 2.24) is 14.7 Å². The van der Waals surface area contributed by atoms with Crippen molar-refractivity contribution >= 4 is 18.3 Å². The number of ether oxygens (including phenoxy) is 1. The first-order valence-corrected chi connectivity index (χ1v) is 8.82. The zero-order chi connectivity index (χ0) is 20.1. The Morgan fingerprint density at radius 2 is 2.04 bits per heavy atom. The van der Waals surface area contributed by atoms with Gasteiger partial charge in [0.15, 0.2) is 0 Å². The first-order valence-electron chi connectivity index (χ1n) is 8.82. The maximum atomic E-state index is 12.7. The molecule has 0 saturated carbocycles. The summed E-state index contributed by atoms with van der Waals surface area (Å²) in [6, 6.07) is 13.0. The number of carbonyl (C=O) groups is 1. The second kappa shape index (κ2) is 8.35. The summed E-state index contributed by atoms with van der Waals surface area (Å²) < 4.78 is 7.64. The van der Waals surface area contributed by atoms with Gasteiger partial charge in [-0.3, -0.25) is 4.79 Å². The highest BCUT2D eigenvalue weighted by atomic mass is 16.5. The average molecular weight is 374 g/mol. The zero-order valence-corrected chi connectivity index (χ0v) is 16.0. The molecule has 0 spiro atoms. The lowest BCUT2D eigenvalue weighted by molar-refractivity contribution is 0.0958. The Balaban J connectivity index is 1.80. The quantitative estimate of drug-likeness (QED) is 0.388. The molecule has 0 fully saturated rings. The maximum Gasteiger partial charge on any atom is 0.255 e. The maximum absolute atomic E-state index is 12.7. The van der Waals surface area contributed by atoms with Crippen LogP contribution in [-0.2, 0) is 0 Å².